The summed E-state index contributed by atoms with van der Waals surface area (Å²) in [5.41, 5.74) is 7.80. The van der Waals surface area contributed by atoms with Gasteiger partial charge in [-0.2, -0.15) is 0 Å². The lowest BCUT2D eigenvalue weighted by atomic mass is 9.84. The van der Waals surface area contributed by atoms with Crippen molar-refractivity contribution in [2.75, 3.05) is 6.61 Å². The van der Waals surface area contributed by atoms with Crippen LogP contribution in [0.25, 0.3) is 0 Å². The summed E-state index contributed by atoms with van der Waals surface area (Å²) in [5, 5.41) is 0. The standard InChI is InChI=1S/C18H29NO/c1-18(2,3)15-9-11-16(12-10-15)20-13-17(19)14-7-5-4-6-8-14/h9-12,14,17H,4-8,13,19H2,1-3H3. The average molecular weight is 275 g/mol. The Labute approximate surface area is 123 Å². The van der Waals surface area contributed by atoms with E-state index in [0.29, 0.717) is 12.5 Å². The Kier molecular flexibility index (Phi) is 5.09. The third-order valence-corrected chi connectivity index (χ3v) is 4.42. The largest absolute Gasteiger partial charge is 0.492 e. The molecular weight excluding hydrogens is 246 g/mol. The molecule has 1 aliphatic rings. The van der Waals surface area contributed by atoms with Gasteiger partial charge in [-0.1, -0.05) is 52.2 Å². The van der Waals surface area contributed by atoms with Crippen molar-refractivity contribution in [1.82, 2.24) is 0 Å². The van der Waals surface area contributed by atoms with Crippen LogP contribution in [0.3, 0.4) is 0 Å². The third-order valence-electron chi connectivity index (χ3n) is 4.42. The molecule has 0 aromatic heterocycles. The minimum atomic E-state index is 0.178. The van der Waals surface area contributed by atoms with Gasteiger partial charge >= 0.3 is 0 Å². The summed E-state index contributed by atoms with van der Waals surface area (Å²) in [6.45, 7) is 7.31. The van der Waals surface area contributed by atoms with E-state index in [4.69, 9.17) is 10.5 Å². The van der Waals surface area contributed by atoms with Gasteiger partial charge in [0.25, 0.3) is 0 Å². The summed E-state index contributed by atoms with van der Waals surface area (Å²) in [6.07, 6.45) is 6.58. The fourth-order valence-corrected chi connectivity index (χ4v) is 2.94. The van der Waals surface area contributed by atoms with E-state index >= 15 is 0 Å². The van der Waals surface area contributed by atoms with Crippen LogP contribution in [0.2, 0.25) is 0 Å². The topological polar surface area (TPSA) is 35.2 Å². The maximum absolute atomic E-state index is 6.27. The molecule has 2 N–H and O–H groups in total. The first-order valence-electron chi connectivity index (χ1n) is 7.96. The number of ether oxygens (including phenoxy) is 1. The number of benzene rings is 1. The summed E-state index contributed by atoms with van der Waals surface area (Å²) in [5.74, 6) is 1.59. The van der Waals surface area contributed by atoms with Crippen LogP contribution in [0, 0.1) is 5.92 Å². The molecule has 1 unspecified atom stereocenters. The van der Waals surface area contributed by atoms with Crippen LogP contribution in [0.4, 0.5) is 0 Å². The van der Waals surface area contributed by atoms with Gasteiger partial charge in [0.05, 0.1) is 0 Å². The Morgan fingerprint density at radius 2 is 1.70 bits per heavy atom. The van der Waals surface area contributed by atoms with Gasteiger partial charge in [-0.15, -0.1) is 0 Å². The van der Waals surface area contributed by atoms with Crippen molar-refractivity contribution in [2.45, 2.75) is 64.3 Å². The highest BCUT2D eigenvalue weighted by atomic mass is 16.5. The molecule has 1 saturated carbocycles. The van der Waals surface area contributed by atoms with Gasteiger partial charge < -0.3 is 10.5 Å². The quantitative estimate of drug-likeness (QED) is 0.890. The van der Waals surface area contributed by atoms with E-state index in [1.54, 1.807) is 0 Å². The van der Waals surface area contributed by atoms with Crippen LogP contribution in [0.15, 0.2) is 24.3 Å². The number of hydrogen-bond acceptors (Lipinski definition) is 2. The Morgan fingerprint density at radius 3 is 2.25 bits per heavy atom. The van der Waals surface area contributed by atoms with Gasteiger partial charge in [-0.3, -0.25) is 0 Å². The molecule has 0 saturated heterocycles. The van der Waals surface area contributed by atoms with E-state index in [1.807, 2.05) is 0 Å². The molecule has 2 nitrogen and oxygen atoms in total. The van der Waals surface area contributed by atoms with E-state index in [9.17, 15) is 0 Å². The normalized spacial score (nSPS) is 18.8. The first-order valence-corrected chi connectivity index (χ1v) is 7.96. The van der Waals surface area contributed by atoms with Crippen molar-refractivity contribution in [1.29, 1.82) is 0 Å². The van der Waals surface area contributed by atoms with E-state index in [1.165, 1.54) is 37.7 Å². The average Bonchev–Trinajstić information content (AvgIpc) is 2.45. The van der Waals surface area contributed by atoms with Crippen LogP contribution in [-0.4, -0.2) is 12.6 Å². The fourth-order valence-electron chi connectivity index (χ4n) is 2.94. The van der Waals surface area contributed by atoms with Gasteiger partial charge in [-0.05, 0) is 41.9 Å². The summed E-state index contributed by atoms with van der Waals surface area (Å²) in [4.78, 5) is 0. The summed E-state index contributed by atoms with van der Waals surface area (Å²) in [7, 11) is 0. The lowest BCUT2D eigenvalue weighted by Crippen LogP contribution is -2.37. The van der Waals surface area contributed by atoms with Gasteiger partial charge in [-0.25, -0.2) is 0 Å². The van der Waals surface area contributed by atoms with Gasteiger partial charge in [0.1, 0.15) is 12.4 Å². The minimum Gasteiger partial charge on any atom is -0.492 e. The van der Waals surface area contributed by atoms with Crippen LogP contribution in [-0.2, 0) is 5.41 Å². The second kappa shape index (κ2) is 6.62. The molecule has 0 amide bonds. The summed E-state index contributed by atoms with van der Waals surface area (Å²) < 4.78 is 5.86. The molecule has 2 heteroatoms. The second-order valence-electron chi connectivity index (χ2n) is 7.15. The van der Waals surface area contributed by atoms with Crippen LogP contribution in [0.1, 0.15) is 58.4 Å². The monoisotopic (exact) mass is 275 g/mol. The minimum absolute atomic E-state index is 0.178. The zero-order valence-corrected chi connectivity index (χ0v) is 13.2. The first kappa shape index (κ1) is 15.4. The van der Waals surface area contributed by atoms with Crippen molar-refractivity contribution in [3.05, 3.63) is 29.8 Å². The Morgan fingerprint density at radius 1 is 1.10 bits per heavy atom. The molecule has 2 rings (SSSR count). The Hall–Kier alpha value is -1.02. The third kappa shape index (κ3) is 4.24. The molecule has 1 aliphatic carbocycles. The van der Waals surface area contributed by atoms with E-state index in [0.717, 1.165) is 5.75 Å². The van der Waals surface area contributed by atoms with Gasteiger partial charge in [0, 0.05) is 6.04 Å². The predicted octanol–water partition coefficient (Wildman–Crippen LogP) is 4.27. The smallest absolute Gasteiger partial charge is 0.119 e. The van der Waals surface area contributed by atoms with Crippen molar-refractivity contribution in [3.8, 4) is 5.75 Å². The number of nitrogens with two attached hydrogens (primary N) is 1. The molecular formula is C18H29NO. The second-order valence-corrected chi connectivity index (χ2v) is 7.15. The van der Waals surface area contributed by atoms with Gasteiger partial charge in [0.15, 0.2) is 0 Å². The number of hydrogen-bond donors (Lipinski definition) is 1. The molecule has 0 heterocycles. The van der Waals surface area contributed by atoms with Crippen LogP contribution >= 0.6 is 0 Å². The molecule has 112 valence electrons. The van der Waals surface area contributed by atoms with E-state index < -0.39 is 0 Å². The van der Waals surface area contributed by atoms with Gasteiger partial charge in [0.2, 0.25) is 0 Å². The predicted molar refractivity (Wildman–Crippen MR) is 85.2 cm³/mol. The molecule has 0 bridgehead atoms. The molecule has 0 aliphatic heterocycles. The van der Waals surface area contributed by atoms with Crippen molar-refractivity contribution < 1.29 is 4.74 Å². The summed E-state index contributed by atoms with van der Waals surface area (Å²) in [6, 6.07) is 8.61. The molecule has 1 atom stereocenters. The fraction of sp³-hybridized carbons (Fsp3) is 0.667. The van der Waals surface area contributed by atoms with Crippen molar-refractivity contribution >= 4 is 0 Å². The van der Waals surface area contributed by atoms with E-state index in [-0.39, 0.29) is 11.5 Å². The summed E-state index contributed by atoms with van der Waals surface area (Å²) >= 11 is 0. The first-order chi connectivity index (χ1) is 9.47. The number of rotatable bonds is 4. The van der Waals surface area contributed by atoms with Crippen molar-refractivity contribution in [2.24, 2.45) is 11.7 Å². The maximum Gasteiger partial charge on any atom is 0.119 e. The van der Waals surface area contributed by atoms with Crippen LogP contribution in [0.5, 0.6) is 5.75 Å². The molecule has 0 radical (unpaired) electrons. The van der Waals surface area contributed by atoms with Crippen LogP contribution < -0.4 is 10.5 Å². The highest BCUT2D eigenvalue weighted by Crippen LogP contribution is 2.27. The molecule has 1 aromatic carbocycles. The highest BCUT2D eigenvalue weighted by molar-refractivity contribution is 5.31. The zero-order valence-electron chi connectivity index (χ0n) is 13.2. The molecule has 20 heavy (non-hydrogen) atoms. The van der Waals surface area contributed by atoms with E-state index in [2.05, 4.69) is 45.0 Å². The Balaban J connectivity index is 1.84. The highest BCUT2D eigenvalue weighted by Gasteiger charge is 2.21. The lowest BCUT2D eigenvalue weighted by molar-refractivity contribution is 0.214. The van der Waals surface area contributed by atoms with Crippen molar-refractivity contribution in [3.63, 3.8) is 0 Å². The maximum atomic E-state index is 6.27. The molecule has 1 aromatic rings. The zero-order chi connectivity index (χ0) is 14.6. The lowest BCUT2D eigenvalue weighted by Gasteiger charge is -2.27. The Bertz CT molecular complexity index is 398. The SMILES string of the molecule is CC(C)(C)c1ccc(OCC(N)C2CCCCC2)cc1. The molecule has 1 fully saturated rings. The molecule has 0 spiro atoms.